The second-order valence-electron chi connectivity index (χ2n) is 7.66. The summed E-state index contributed by atoms with van der Waals surface area (Å²) in [6, 6.07) is 0.931. The molecule has 11 atom stereocenters. The summed E-state index contributed by atoms with van der Waals surface area (Å²) in [5, 5.41) is 49.6. The number of thiol groups is 1. The summed E-state index contributed by atoms with van der Waals surface area (Å²) >= 11 is 3.84. The average Bonchev–Trinajstić information content (AvgIpc) is 3.06. The Hall–Kier alpha value is -0.990. The van der Waals surface area contributed by atoms with Gasteiger partial charge in [-0.1, -0.05) is 0 Å². The van der Waals surface area contributed by atoms with Crippen molar-refractivity contribution in [2.45, 2.75) is 55.2 Å². The van der Waals surface area contributed by atoms with Crippen molar-refractivity contribution >= 4 is 28.3 Å². The van der Waals surface area contributed by atoms with Crippen molar-refractivity contribution in [3.05, 3.63) is 33.1 Å². The van der Waals surface area contributed by atoms with Crippen molar-refractivity contribution in [1.82, 2.24) is 9.55 Å². The van der Waals surface area contributed by atoms with Gasteiger partial charge in [0.1, 0.15) is 36.6 Å². The molecule has 18 nitrogen and oxygen atoms in total. The molecule has 2 saturated heterocycles. The van der Waals surface area contributed by atoms with Crippen molar-refractivity contribution in [2.75, 3.05) is 12.4 Å². The zero-order valence-electron chi connectivity index (χ0n) is 17.8. The number of nitrogens with one attached hydrogen (secondary N) is 1. The standard InChI is InChI=1S/C15H24N2O16P2S/c18-7-1-2-17(15(24)16-7)13-11(22)8(19)5(30-13)3-29-34(25,26)33-35(27,28)32-14-12(23)10(21)9(20)6(4-36)31-14/h1-2,5-6,8-14,19-23,36H,3-4H2,(H,25,26)(H,27,28)(H,16,18,24)/p-1/t5-,6?,8+,9-,10+,11?,12?,13-,14-/m1/s1. The van der Waals surface area contributed by atoms with Crippen LogP contribution in [0.4, 0.5) is 0 Å². The lowest BCUT2D eigenvalue weighted by molar-refractivity contribution is -0.295. The van der Waals surface area contributed by atoms with Gasteiger partial charge in [-0.05, 0) is 0 Å². The van der Waals surface area contributed by atoms with Crippen LogP contribution in [0.5, 0.6) is 0 Å². The van der Waals surface area contributed by atoms with E-state index < -0.39 is 88.7 Å². The summed E-state index contributed by atoms with van der Waals surface area (Å²) < 4.78 is 48.0. The zero-order valence-corrected chi connectivity index (χ0v) is 20.5. The molecule has 2 aliphatic rings. The molecule has 0 saturated carbocycles. The molecule has 1 aromatic heterocycles. The van der Waals surface area contributed by atoms with Gasteiger partial charge < -0.3 is 44.8 Å². The summed E-state index contributed by atoms with van der Waals surface area (Å²) in [6.45, 7) is -1.03. The van der Waals surface area contributed by atoms with E-state index >= 15 is 0 Å². The Morgan fingerprint density at radius 2 is 1.67 bits per heavy atom. The number of hydrogen-bond donors (Lipinski definition) is 8. The molecule has 5 unspecified atom stereocenters. The van der Waals surface area contributed by atoms with Crippen LogP contribution >= 0.6 is 28.3 Å². The maximum Gasteiger partial charge on any atom is 0.478 e. The van der Waals surface area contributed by atoms with Crippen molar-refractivity contribution in [3.8, 4) is 0 Å². The van der Waals surface area contributed by atoms with Gasteiger partial charge in [0.25, 0.3) is 13.4 Å². The van der Waals surface area contributed by atoms with Gasteiger partial charge in [0, 0.05) is 18.0 Å². The molecule has 36 heavy (non-hydrogen) atoms. The molecule has 0 radical (unpaired) electrons. The predicted octanol–water partition coefficient (Wildman–Crippen LogP) is -4.49. The van der Waals surface area contributed by atoms with Crippen molar-refractivity contribution < 1.29 is 67.3 Å². The second kappa shape index (κ2) is 11.4. The number of nitrogens with zero attached hydrogens (tertiary/aromatic N) is 1. The number of rotatable bonds is 9. The SMILES string of the molecule is O=c1ccn([C@@H]2O[C@H](COP(=O)(O)OP(=O)([O-])O[C@H]3OC(CS)[C@@H](O)[C@H](O)C3O)[C@H](O)C2O)c(=O)[nH]1. The smallest absolute Gasteiger partial charge is 0.478 e. The minimum absolute atomic E-state index is 0.224. The molecule has 1 aromatic rings. The Morgan fingerprint density at radius 3 is 2.28 bits per heavy atom. The largest absolute Gasteiger partial charge is 0.756 e. The molecular formula is C15H23N2O16P2S-. The summed E-state index contributed by atoms with van der Waals surface area (Å²) in [6.07, 6.45) is -14.8. The molecule has 2 aliphatic heterocycles. The highest BCUT2D eigenvalue weighted by Gasteiger charge is 2.47. The first-order chi connectivity index (χ1) is 16.7. The summed E-state index contributed by atoms with van der Waals surface area (Å²) in [4.78, 5) is 46.8. The van der Waals surface area contributed by atoms with E-state index in [1.807, 2.05) is 4.98 Å². The van der Waals surface area contributed by atoms with Crippen LogP contribution in [-0.2, 0) is 32.0 Å². The van der Waals surface area contributed by atoms with Crippen LogP contribution in [-0.4, -0.2) is 101 Å². The van der Waals surface area contributed by atoms with Crippen LogP contribution in [0.3, 0.4) is 0 Å². The topological polar surface area (TPSA) is 280 Å². The number of phosphoric acid groups is 2. The number of ether oxygens (including phenoxy) is 2. The lowest BCUT2D eigenvalue weighted by Crippen LogP contribution is -2.58. The third-order valence-corrected chi connectivity index (χ3v) is 8.08. The average molecular weight is 581 g/mol. The van der Waals surface area contributed by atoms with E-state index in [9.17, 15) is 54.0 Å². The third-order valence-electron chi connectivity index (χ3n) is 5.15. The number of H-pyrrole nitrogens is 1. The van der Waals surface area contributed by atoms with Crippen LogP contribution in [0.25, 0.3) is 0 Å². The number of aliphatic hydroxyl groups excluding tert-OH is 5. The maximum absolute atomic E-state index is 12.1. The fourth-order valence-corrected chi connectivity index (χ4v) is 5.76. The quantitative estimate of drug-likeness (QED) is 0.101. The highest BCUT2D eigenvalue weighted by molar-refractivity contribution is 7.80. The molecule has 206 valence electrons. The lowest BCUT2D eigenvalue weighted by Gasteiger charge is -2.41. The number of aliphatic hydroxyl groups is 5. The first kappa shape index (κ1) is 29.6. The molecule has 3 heterocycles. The molecule has 21 heteroatoms. The Balaban J connectivity index is 1.61. The van der Waals surface area contributed by atoms with E-state index in [0.29, 0.717) is 0 Å². The minimum Gasteiger partial charge on any atom is -0.756 e. The van der Waals surface area contributed by atoms with Crippen molar-refractivity contribution in [1.29, 1.82) is 0 Å². The normalized spacial score (nSPS) is 38.4. The summed E-state index contributed by atoms with van der Waals surface area (Å²) in [5.41, 5.74) is -1.74. The van der Waals surface area contributed by atoms with Gasteiger partial charge in [-0.2, -0.15) is 12.6 Å². The van der Waals surface area contributed by atoms with Crippen LogP contribution in [0.1, 0.15) is 6.23 Å². The fraction of sp³-hybridized carbons (Fsp3) is 0.733. The van der Waals surface area contributed by atoms with Gasteiger partial charge in [0.15, 0.2) is 12.5 Å². The molecule has 0 spiro atoms. The molecule has 0 bridgehead atoms. The molecule has 2 fully saturated rings. The molecule has 0 amide bonds. The molecule has 0 aliphatic carbocycles. The van der Waals surface area contributed by atoms with E-state index in [1.54, 1.807) is 0 Å². The predicted molar refractivity (Wildman–Crippen MR) is 113 cm³/mol. The van der Waals surface area contributed by atoms with E-state index in [1.165, 1.54) is 0 Å². The summed E-state index contributed by atoms with van der Waals surface area (Å²) in [5.74, 6) is -0.224. The third kappa shape index (κ3) is 6.71. The number of phosphoric ester groups is 2. The number of aromatic amines is 1. The Labute approximate surface area is 206 Å². The Bertz CT molecular complexity index is 1130. The Morgan fingerprint density at radius 1 is 1.03 bits per heavy atom. The van der Waals surface area contributed by atoms with Gasteiger partial charge in [-0.3, -0.25) is 28.0 Å². The van der Waals surface area contributed by atoms with Crippen LogP contribution < -0.4 is 16.1 Å². The number of hydrogen-bond acceptors (Lipinski definition) is 16. The summed E-state index contributed by atoms with van der Waals surface area (Å²) in [7, 11) is -11.3. The second-order valence-corrected chi connectivity index (χ2v) is 11.0. The lowest BCUT2D eigenvalue weighted by atomic mass is 10.0. The minimum atomic E-state index is -5.79. The van der Waals surface area contributed by atoms with Crippen LogP contribution in [0.15, 0.2) is 21.9 Å². The monoisotopic (exact) mass is 581 g/mol. The van der Waals surface area contributed by atoms with Gasteiger partial charge in [-0.25, -0.2) is 13.7 Å². The molecule has 3 rings (SSSR count). The fourth-order valence-electron chi connectivity index (χ4n) is 3.34. The van der Waals surface area contributed by atoms with Crippen molar-refractivity contribution in [3.63, 3.8) is 0 Å². The number of aromatic nitrogens is 2. The first-order valence-corrected chi connectivity index (χ1v) is 13.6. The van der Waals surface area contributed by atoms with Crippen LogP contribution in [0.2, 0.25) is 0 Å². The van der Waals surface area contributed by atoms with Gasteiger partial charge in [-0.15, -0.1) is 0 Å². The van der Waals surface area contributed by atoms with Gasteiger partial charge in [0.2, 0.25) is 0 Å². The van der Waals surface area contributed by atoms with Crippen LogP contribution in [0, 0.1) is 0 Å². The van der Waals surface area contributed by atoms with Gasteiger partial charge in [0.05, 0.1) is 12.7 Å². The molecular weight excluding hydrogens is 558 g/mol. The molecule has 7 N–H and O–H groups in total. The van der Waals surface area contributed by atoms with E-state index in [2.05, 4.69) is 26.0 Å². The zero-order chi connectivity index (χ0) is 27.0. The van der Waals surface area contributed by atoms with E-state index in [4.69, 9.17) is 9.47 Å². The molecule has 0 aromatic carbocycles. The highest BCUT2D eigenvalue weighted by atomic mass is 32.1. The van der Waals surface area contributed by atoms with E-state index in [-0.39, 0.29) is 5.75 Å². The highest BCUT2D eigenvalue weighted by Crippen LogP contribution is 2.59. The van der Waals surface area contributed by atoms with E-state index in [0.717, 1.165) is 16.8 Å². The van der Waals surface area contributed by atoms with Gasteiger partial charge >= 0.3 is 13.5 Å². The van der Waals surface area contributed by atoms with Crippen molar-refractivity contribution in [2.24, 2.45) is 0 Å². The first-order valence-electron chi connectivity index (χ1n) is 9.97. The maximum atomic E-state index is 12.1. The Kier molecular flexibility index (Phi) is 9.36.